The molecule has 0 aliphatic rings. The van der Waals surface area contributed by atoms with Gasteiger partial charge in [-0.2, -0.15) is 18.3 Å². The van der Waals surface area contributed by atoms with Crippen LogP contribution < -0.4 is 0 Å². The molecular weight excluding hydrogens is 179 g/mol. The Labute approximate surface area is 63.0 Å². The number of aliphatic hydroxyl groups excluding tert-OH is 1. The quantitative estimate of drug-likeness (QED) is 0.346. The van der Waals surface area contributed by atoms with E-state index in [2.05, 4.69) is 4.18 Å². The highest BCUT2D eigenvalue weighted by molar-refractivity contribution is 7.80. The van der Waals surface area contributed by atoms with E-state index in [0.717, 1.165) is 0 Å². The maximum atomic E-state index is 9.76. The molecule has 2 N–H and O–H groups in total. The van der Waals surface area contributed by atoms with E-state index in [4.69, 9.17) is 9.66 Å². The van der Waals surface area contributed by atoms with E-state index < -0.39 is 10.4 Å². The zero-order valence-electron chi connectivity index (χ0n) is 5.36. The minimum atomic E-state index is -4.31. The van der Waals surface area contributed by atoms with Gasteiger partial charge < -0.3 is 5.11 Å². The lowest BCUT2D eigenvalue weighted by atomic mass is 10.5. The van der Waals surface area contributed by atoms with Crippen LogP contribution in [0.1, 0.15) is 6.42 Å². The molecule has 0 fully saturated rings. The van der Waals surface area contributed by atoms with Gasteiger partial charge in [-0.05, 0) is 6.42 Å². The third kappa shape index (κ3) is 11.1. The van der Waals surface area contributed by atoms with Crippen molar-refractivity contribution in [2.45, 2.75) is 6.42 Å². The van der Waals surface area contributed by atoms with E-state index in [-0.39, 0.29) is 29.5 Å². The van der Waals surface area contributed by atoms with Gasteiger partial charge in [-0.3, -0.25) is 4.55 Å². The van der Waals surface area contributed by atoms with Gasteiger partial charge in [-0.15, -0.1) is 0 Å². The van der Waals surface area contributed by atoms with Crippen molar-refractivity contribution in [1.82, 2.24) is 0 Å². The van der Waals surface area contributed by atoms with Gasteiger partial charge in [0.15, 0.2) is 0 Å². The molecule has 10 heavy (non-hydrogen) atoms. The molecule has 0 rings (SSSR count). The summed E-state index contributed by atoms with van der Waals surface area (Å²) in [7, 11) is -4.31. The van der Waals surface area contributed by atoms with Crippen LogP contribution in [-0.2, 0) is 14.6 Å². The molecule has 0 spiro atoms. The van der Waals surface area contributed by atoms with Crippen molar-refractivity contribution in [1.29, 1.82) is 0 Å². The number of aliphatic hydroxyl groups is 1. The first-order valence-corrected chi connectivity index (χ1v) is 3.65. The molecule has 1 unspecified atom stereocenters. The van der Waals surface area contributed by atoms with Gasteiger partial charge in [0.25, 0.3) is 0 Å². The number of rotatable bonds is 4. The zero-order chi connectivity index (χ0) is 7.33. The van der Waals surface area contributed by atoms with Crippen LogP contribution in [0.3, 0.4) is 0 Å². The molecule has 0 aromatic heterocycles. The van der Waals surface area contributed by atoms with Crippen molar-refractivity contribution in [3.05, 3.63) is 0 Å². The second-order valence-electron chi connectivity index (χ2n) is 1.33. The van der Waals surface area contributed by atoms with Gasteiger partial charge in [0.2, 0.25) is 0 Å². The van der Waals surface area contributed by atoms with Crippen molar-refractivity contribution in [2.24, 2.45) is 0 Å². The Morgan fingerprint density at radius 1 is 1.40 bits per heavy atom. The lowest BCUT2D eigenvalue weighted by molar-refractivity contribution is 0.219. The first kappa shape index (κ1) is 12.9. The third-order valence-electron chi connectivity index (χ3n) is 0.535. The third-order valence-corrected chi connectivity index (χ3v) is 0.999. The standard InChI is InChI=1S/C3H8O5S.H3P/c4-2-1-3-8-9(5,6)7;/h4H,1-3H2,(H,5,6,7);1H3. The predicted octanol–water partition coefficient (Wildman–Crippen LogP) is -0.754. The van der Waals surface area contributed by atoms with Crippen LogP contribution in [0.5, 0.6) is 0 Å². The maximum absolute atomic E-state index is 9.76. The Balaban J connectivity index is 0. The lowest BCUT2D eigenvalue weighted by Crippen LogP contribution is -2.05. The van der Waals surface area contributed by atoms with E-state index in [9.17, 15) is 8.42 Å². The molecule has 0 saturated heterocycles. The smallest absolute Gasteiger partial charge is 0.396 e. The summed E-state index contributed by atoms with van der Waals surface area (Å²) < 4.78 is 31.3. The van der Waals surface area contributed by atoms with Crippen LogP contribution in [0.4, 0.5) is 0 Å². The van der Waals surface area contributed by atoms with Gasteiger partial charge in [-0.1, -0.05) is 0 Å². The van der Waals surface area contributed by atoms with Crippen molar-refractivity contribution in [2.75, 3.05) is 13.2 Å². The highest BCUT2D eigenvalue weighted by Gasteiger charge is 2.01. The summed E-state index contributed by atoms with van der Waals surface area (Å²) in [6.45, 7) is -0.342. The van der Waals surface area contributed by atoms with Crippen molar-refractivity contribution in [3.63, 3.8) is 0 Å². The Morgan fingerprint density at radius 2 is 1.90 bits per heavy atom. The van der Waals surface area contributed by atoms with Gasteiger partial charge in [0.05, 0.1) is 6.61 Å². The van der Waals surface area contributed by atoms with E-state index in [1.807, 2.05) is 0 Å². The number of hydrogen-bond donors (Lipinski definition) is 2. The topological polar surface area (TPSA) is 83.8 Å². The molecule has 0 heterocycles. The SMILES string of the molecule is O=S(=O)(O)OCCCO.P. The molecule has 1 atom stereocenters. The van der Waals surface area contributed by atoms with E-state index >= 15 is 0 Å². The van der Waals surface area contributed by atoms with Crippen LogP contribution in [0.25, 0.3) is 0 Å². The van der Waals surface area contributed by atoms with Crippen LogP contribution in [-0.4, -0.2) is 31.3 Å². The summed E-state index contributed by atoms with van der Waals surface area (Å²) in [4.78, 5) is 0. The summed E-state index contributed by atoms with van der Waals surface area (Å²) >= 11 is 0. The van der Waals surface area contributed by atoms with Crippen LogP contribution >= 0.6 is 9.90 Å². The first-order chi connectivity index (χ1) is 4.06. The molecule has 0 amide bonds. The lowest BCUT2D eigenvalue weighted by Gasteiger charge is -1.94. The van der Waals surface area contributed by atoms with Crippen molar-refractivity contribution < 1.29 is 22.3 Å². The van der Waals surface area contributed by atoms with Gasteiger partial charge >= 0.3 is 10.4 Å². The molecule has 0 aromatic carbocycles. The summed E-state index contributed by atoms with van der Waals surface area (Å²) in [5.74, 6) is 0. The Morgan fingerprint density at radius 3 is 2.20 bits per heavy atom. The van der Waals surface area contributed by atoms with Gasteiger partial charge in [0.1, 0.15) is 0 Å². The van der Waals surface area contributed by atoms with Crippen LogP contribution in [0.2, 0.25) is 0 Å². The molecule has 0 aliphatic carbocycles. The molecule has 64 valence electrons. The van der Waals surface area contributed by atoms with Gasteiger partial charge in [0, 0.05) is 6.61 Å². The number of hydrogen-bond acceptors (Lipinski definition) is 4. The molecular formula is C3H11O5PS. The highest BCUT2D eigenvalue weighted by atomic mass is 32.3. The Hall–Kier alpha value is 0.260. The average Bonchev–Trinajstić information content (AvgIpc) is 1.63. The molecule has 0 radical (unpaired) electrons. The molecule has 7 heteroatoms. The van der Waals surface area contributed by atoms with Crippen molar-refractivity contribution >= 4 is 20.3 Å². The molecule has 0 bridgehead atoms. The summed E-state index contributed by atoms with van der Waals surface area (Å²) in [5, 5.41) is 8.11. The fraction of sp³-hybridized carbons (Fsp3) is 1.00. The van der Waals surface area contributed by atoms with Crippen molar-refractivity contribution in [3.8, 4) is 0 Å². The summed E-state index contributed by atoms with van der Waals surface area (Å²) in [5.41, 5.74) is 0. The van der Waals surface area contributed by atoms with Gasteiger partial charge in [-0.25, -0.2) is 4.18 Å². The van der Waals surface area contributed by atoms with E-state index in [1.54, 1.807) is 0 Å². The minimum absolute atomic E-state index is 0. The monoisotopic (exact) mass is 190 g/mol. The predicted molar refractivity (Wildman–Crippen MR) is 40.3 cm³/mol. The Bertz CT molecular complexity index is 152. The second-order valence-corrected chi connectivity index (χ2v) is 2.42. The first-order valence-electron chi connectivity index (χ1n) is 2.29. The summed E-state index contributed by atoms with van der Waals surface area (Å²) in [6.07, 6.45) is 0.194. The van der Waals surface area contributed by atoms with Crippen LogP contribution in [0, 0.1) is 0 Å². The van der Waals surface area contributed by atoms with E-state index in [0.29, 0.717) is 0 Å². The molecule has 0 saturated carbocycles. The molecule has 5 nitrogen and oxygen atoms in total. The zero-order valence-corrected chi connectivity index (χ0v) is 7.59. The fourth-order valence-electron chi connectivity index (χ4n) is 0.229. The molecule has 0 aromatic rings. The highest BCUT2D eigenvalue weighted by Crippen LogP contribution is 1.87. The fourth-order valence-corrected chi connectivity index (χ4v) is 0.557. The Kier molecular flexibility index (Phi) is 7.74. The average molecular weight is 190 g/mol. The largest absolute Gasteiger partial charge is 0.397 e. The maximum Gasteiger partial charge on any atom is 0.397 e. The van der Waals surface area contributed by atoms with Crippen LogP contribution in [0.15, 0.2) is 0 Å². The molecule has 0 aliphatic heterocycles. The second kappa shape index (κ2) is 6.00. The normalized spacial score (nSPS) is 10.6. The summed E-state index contributed by atoms with van der Waals surface area (Å²) in [6, 6.07) is 0. The minimum Gasteiger partial charge on any atom is -0.396 e. The van der Waals surface area contributed by atoms with E-state index in [1.165, 1.54) is 0 Å².